The van der Waals surface area contributed by atoms with E-state index in [0.29, 0.717) is 13.1 Å². The number of nitrogens with zero attached hydrogens (tertiary/aromatic N) is 4. The molecule has 2 aliphatic heterocycles. The first-order valence-corrected chi connectivity index (χ1v) is 10.5. The lowest BCUT2D eigenvalue weighted by atomic mass is 10.0. The summed E-state index contributed by atoms with van der Waals surface area (Å²) in [6, 6.07) is 10.3. The van der Waals surface area contributed by atoms with Crippen LogP contribution in [0, 0.1) is 0 Å². The summed E-state index contributed by atoms with van der Waals surface area (Å²) >= 11 is 0. The molecule has 2 aromatic rings. The highest BCUT2D eigenvalue weighted by Gasteiger charge is 2.32. The summed E-state index contributed by atoms with van der Waals surface area (Å²) in [6.45, 7) is 2.81. The molecule has 7 nitrogen and oxygen atoms in total. The average molecular weight is 395 g/mol. The molecule has 3 heterocycles. The van der Waals surface area contributed by atoms with Gasteiger partial charge in [-0.15, -0.1) is 0 Å². The Labute approximate surface area is 172 Å². The first-order chi connectivity index (χ1) is 14.2. The Balaban J connectivity index is 1.52. The topological polar surface area (TPSA) is 73.4 Å². The summed E-state index contributed by atoms with van der Waals surface area (Å²) in [6.07, 6.45) is 4.11. The molecule has 0 radical (unpaired) electrons. The molecule has 1 saturated heterocycles. The van der Waals surface area contributed by atoms with E-state index >= 15 is 0 Å². The van der Waals surface area contributed by atoms with Crippen LogP contribution in [0.3, 0.4) is 0 Å². The molecule has 0 spiro atoms. The highest BCUT2D eigenvalue weighted by atomic mass is 16.2. The van der Waals surface area contributed by atoms with Crippen LogP contribution in [0.1, 0.15) is 42.4 Å². The predicted molar refractivity (Wildman–Crippen MR) is 115 cm³/mol. The third kappa shape index (κ3) is 4.26. The molecule has 2 aliphatic rings. The van der Waals surface area contributed by atoms with Crippen molar-refractivity contribution in [2.24, 2.45) is 0 Å². The zero-order chi connectivity index (χ0) is 20.2. The van der Waals surface area contributed by atoms with Crippen molar-refractivity contribution in [2.45, 2.75) is 38.3 Å². The largest absolute Gasteiger partial charge is 0.373 e. The number of amides is 1. The van der Waals surface area contributed by atoms with Crippen LogP contribution >= 0.6 is 0 Å². The minimum Gasteiger partial charge on any atom is -0.373 e. The molecule has 154 valence electrons. The third-order valence-corrected chi connectivity index (χ3v) is 5.82. The highest BCUT2D eigenvalue weighted by Crippen LogP contribution is 2.32. The third-order valence-electron chi connectivity index (χ3n) is 5.82. The number of nitrogens with one attached hydrogen (secondary N) is 2. The van der Waals surface area contributed by atoms with Crippen LogP contribution in [-0.2, 0) is 17.8 Å². The van der Waals surface area contributed by atoms with Gasteiger partial charge in [0.25, 0.3) is 0 Å². The second-order valence-corrected chi connectivity index (χ2v) is 7.79. The Morgan fingerprint density at radius 1 is 1.17 bits per heavy atom. The molecule has 0 bridgehead atoms. The molecule has 7 heteroatoms. The van der Waals surface area contributed by atoms with E-state index in [9.17, 15) is 4.79 Å². The highest BCUT2D eigenvalue weighted by molar-refractivity contribution is 5.96. The van der Waals surface area contributed by atoms with Gasteiger partial charge in [0, 0.05) is 31.9 Å². The van der Waals surface area contributed by atoms with Gasteiger partial charge in [-0.2, -0.15) is 0 Å². The van der Waals surface area contributed by atoms with Gasteiger partial charge in [-0.05, 0) is 50.9 Å². The van der Waals surface area contributed by atoms with Gasteiger partial charge >= 0.3 is 0 Å². The van der Waals surface area contributed by atoms with E-state index in [4.69, 9.17) is 9.97 Å². The number of carbonyl (C=O) groups is 1. The molecule has 1 aromatic heterocycles. The maximum absolute atomic E-state index is 13.2. The zero-order valence-electron chi connectivity index (χ0n) is 17.3. The first kappa shape index (κ1) is 19.8. The van der Waals surface area contributed by atoms with Crippen molar-refractivity contribution in [1.29, 1.82) is 0 Å². The smallest absolute Gasteiger partial charge is 0.241 e. The number of hydrogen-bond donors (Lipinski definition) is 2. The van der Waals surface area contributed by atoms with E-state index in [1.165, 1.54) is 5.56 Å². The monoisotopic (exact) mass is 394 g/mol. The van der Waals surface area contributed by atoms with Crippen molar-refractivity contribution in [1.82, 2.24) is 20.2 Å². The van der Waals surface area contributed by atoms with Crippen molar-refractivity contribution in [3.63, 3.8) is 0 Å². The number of anilines is 2. The molecular formula is C22H30N6O. The lowest BCUT2D eigenvalue weighted by Gasteiger charge is -2.32. The van der Waals surface area contributed by atoms with Crippen LogP contribution in [0.2, 0.25) is 0 Å². The Hall–Kier alpha value is -2.51. The van der Waals surface area contributed by atoms with Gasteiger partial charge in [0.1, 0.15) is 11.6 Å². The maximum Gasteiger partial charge on any atom is 0.241 e. The molecule has 1 amide bonds. The van der Waals surface area contributed by atoms with E-state index in [1.54, 1.807) is 0 Å². The van der Waals surface area contributed by atoms with Crippen LogP contribution in [-0.4, -0.2) is 54.5 Å². The first-order valence-electron chi connectivity index (χ1n) is 10.5. The van der Waals surface area contributed by atoms with Gasteiger partial charge in [-0.1, -0.05) is 18.2 Å². The summed E-state index contributed by atoms with van der Waals surface area (Å²) < 4.78 is 0. The summed E-state index contributed by atoms with van der Waals surface area (Å²) in [7, 11) is 3.79. The van der Waals surface area contributed by atoms with E-state index in [-0.39, 0.29) is 11.9 Å². The van der Waals surface area contributed by atoms with Crippen LogP contribution in [0.5, 0.6) is 0 Å². The second-order valence-electron chi connectivity index (χ2n) is 7.79. The molecule has 0 aliphatic carbocycles. The fraction of sp³-hybridized carbons (Fsp3) is 0.500. The number of benzene rings is 1. The van der Waals surface area contributed by atoms with Gasteiger partial charge < -0.3 is 15.5 Å². The van der Waals surface area contributed by atoms with Gasteiger partial charge in [-0.3, -0.25) is 9.69 Å². The van der Waals surface area contributed by atoms with E-state index < -0.39 is 0 Å². The lowest BCUT2D eigenvalue weighted by molar-refractivity contribution is -0.120. The van der Waals surface area contributed by atoms with Crippen molar-refractivity contribution >= 4 is 17.4 Å². The molecular weight excluding hydrogens is 364 g/mol. The number of aromatic nitrogens is 2. The predicted octanol–water partition coefficient (Wildman–Crippen LogP) is 2.35. The lowest BCUT2D eigenvalue weighted by Crippen LogP contribution is -2.42. The fourth-order valence-corrected chi connectivity index (χ4v) is 4.43. The molecule has 29 heavy (non-hydrogen) atoms. The molecule has 4 rings (SSSR count). The van der Waals surface area contributed by atoms with E-state index in [1.807, 2.05) is 31.1 Å². The van der Waals surface area contributed by atoms with Crippen molar-refractivity contribution in [3.05, 3.63) is 47.4 Å². The summed E-state index contributed by atoms with van der Waals surface area (Å²) in [5, 5.41) is 6.29. The minimum absolute atomic E-state index is 0.0860. The molecule has 1 fully saturated rings. The number of hydrogen-bond acceptors (Lipinski definition) is 6. The molecule has 2 N–H and O–H groups in total. The SMILES string of the molecule is CNCc1cc(NC)nc([C@H]2CCCN2CC(=O)N2CCCc3ccccc32)n1. The van der Waals surface area contributed by atoms with Crippen LogP contribution in [0.15, 0.2) is 30.3 Å². The number of carbonyl (C=O) groups excluding carboxylic acids is 1. The Bertz CT molecular complexity index is 870. The number of para-hydroxylation sites is 1. The average Bonchev–Trinajstić information content (AvgIpc) is 3.21. The van der Waals surface area contributed by atoms with Crippen molar-refractivity contribution in [3.8, 4) is 0 Å². The number of aryl methyl sites for hydroxylation is 1. The van der Waals surface area contributed by atoms with Crippen LogP contribution < -0.4 is 15.5 Å². The van der Waals surface area contributed by atoms with Gasteiger partial charge in [0.2, 0.25) is 5.91 Å². The second kappa shape index (κ2) is 8.88. The van der Waals surface area contributed by atoms with Crippen LogP contribution in [0.25, 0.3) is 0 Å². The van der Waals surface area contributed by atoms with Gasteiger partial charge in [0.05, 0.1) is 18.3 Å². The summed E-state index contributed by atoms with van der Waals surface area (Å²) in [5.41, 5.74) is 3.31. The minimum atomic E-state index is 0.0860. The van der Waals surface area contributed by atoms with Gasteiger partial charge in [-0.25, -0.2) is 9.97 Å². The number of rotatable bonds is 6. The summed E-state index contributed by atoms with van der Waals surface area (Å²) in [5.74, 6) is 1.80. The standard InChI is InChI=1S/C22H30N6O/c1-23-14-17-13-20(24-2)26-22(25-17)19-10-6-11-27(19)15-21(29)28-12-5-8-16-7-3-4-9-18(16)28/h3-4,7,9,13,19,23H,5-6,8,10-12,14-15H2,1-2H3,(H,24,25,26)/t19-/m1/s1. The van der Waals surface area contributed by atoms with Crippen molar-refractivity contribution in [2.75, 3.05) is 43.9 Å². The molecule has 1 atom stereocenters. The Morgan fingerprint density at radius 3 is 2.86 bits per heavy atom. The quantitative estimate of drug-likeness (QED) is 0.784. The molecule has 1 aromatic carbocycles. The molecule has 0 unspecified atom stereocenters. The number of likely N-dealkylation sites (tertiary alicyclic amines) is 1. The van der Waals surface area contributed by atoms with Crippen molar-refractivity contribution < 1.29 is 4.79 Å². The summed E-state index contributed by atoms with van der Waals surface area (Å²) in [4.78, 5) is 26.9. The Morgan fingerprint density at radius 2 is 2.03 bits per heavy atom. The maximum atomic E-state index is 13.2. The van der Waals surface area contributed by atoms with E-state index in [0.717, 1.165) is 61.8 Å². The Kier molecular flexibility index (Phi) is 6.06. The number of fused-ring (bicyclic) bond motifs is 1. The van der Waals surface area contributed by atoms with Crippen LogP contribution in [0.4, 0.5) is 11.5 Å². The van der Waals surface area contributed by atoms with E-state index in [2.05, 4.69) is 33.7 Å². The normalized spacial score (nSPS) is 19.2. The fourth-order valence-electron chi connectivity index (χ4n) is 4.43. The zero-order valence-corrected chi connectivity index (χ0v) is 17.3. The van der Waals surface area contributed by atoms with Gasteiger partial charge in [0.15, 0.2) is 0 Å². The molecule has 0 saturated carbocycles.